The van der Waals surface area contributed by atoms with E-state index < -0.39 is 0 Å². The molecule has 14 aromatic rings. The molecule has 370 valence electrons. The lowest BCUT2D eigenvalue weighted by Gasteiger charge is -2.13. The second-order valence-electron chi connectivity index (χ2n) is 20.0. The summed E-state index contributed by atoms with van der Waals surface area (Å²) in [7, 11) is 0. The maximum Gasteiger partial charge on any atom is 0.164 e. The Morgan fingerprint density at radius 2 is 0.430 bits per heavy atom. The fraction of sp³-hybridized carbons (Fsp3) is 0. The van der Waals surface area contributed by atoms with E-state index in [9.17, 15) is 0 Å². The number of aromatic nitrogens is 4. The smallest absolute Gasteiger partial charge is 0.164 e. The van der Waals surface area contributed by atoms with Crippen LogP contribution in [-0.4, -0.2) is 19.5 Å². The van der Waals surface area contributed by atoms with Crippen LogP contribution in [0.1, 0.15) is 0 Å². The van der Waals surface area contributed by atoms with Gasteiger partial charge in [0.1, 0.15) is 0 Å². The largest absolute Gasteiger partial charge is 0.309 e. The highest BCUT2D eigenvalue weighted by molar-refractivity contribution is 6.09. The molecular weight excluding hydrogens is 957 g/mol. The predicted octanol–water partition coefficient (Wildman–Crippen LogP) is 19.6. The Morgan fingerprint density at radius 3 is 0.823 bits per heavy atom. The van der Waals surface area contributed by atoms with E-state index in [1.807, 2.05) is 0 Å². The molecule has 4 nitrogen and oxygen atoms in total. The lowest BCUT2D eigenvalue weighted by molar-refractivity contribution is 1.07. The normalized spacial score (nSPS) is 11.3. The zero-order chi connectivity index (χ0) is 52.5. The third-order valence-electron chi connectivity index (χ3n) is 15.0. The molecule has 0 aliphatic carbocycles. The summed E-state index contributed by atoms with van der Waals surface area (Å²) in [6, 6.07) is 108. The van der Waals surface area contributed by atoms with Crippen LogP contribution in [-0.2, 0) is 0 Å². The van der Waals surface area contributed by atoms with E-state index in [4.69, 9.17) is 15.0 Å². The molecule has 0 saturated carbocycles. The Bertz CT molecular complexity index is 4480. The number of hydrogen-bond donors (Lipinski definition) is 0. The first-order valence-corrected chi connectivity index (χ1v) is 26.8. The average Bonchev–Trinajstić information content (AvgIpc) is 3.99. The lowest BCUT2D eigenvalue weighted by Crippen LogP contribution is -2.00. The molecule has 14 rings (SSSR count). The number of nitrogens with zero attached hydrogens (tertiary/aromatic N) is 4. The van der Waals surface area contributed by atoms with Gasteiger partial charge in [-0.2, -0.15) is 0 Å². The Hall–Kier alpha value is -10.6. The van der Waals surface area contributed by atoms with Crippen LogP contribution in [0, 0.1) is 0 Å². The van der Waals surface area contributed by atoms with Crippen LogP contribution < -0.4 is 0 Å². The van der Waals surface area contributed by atoms with E-state index >= 15 is 0 Å². The van der Waals surface area contributed by atoms with Crippen molar-refractivity contribution in [3.8, 4) is 118 Å². The van der Waals surface area contributed by atoms with E-state index in [1.165, 1.54) is 55.2 Å². The summed E-state index contributed by atoms with van der Waals surface area (Å²) < 4.78 is 2.36. The number of rotatable bonds is 11. The summed E-state index contributed by atoms with van der Waals surface area (Å²) in [6.45, 7) is 0. The molecule has 0 N–H and O–H groups in total. The van der Waals surface area contributed by atoms with E-state index in [0.717, 1.165) is 66.9 Å². The fourth-order valence-corrected chi connectivity index (χ4v) is 11.1. The Labute approximate surface area is 460 Å². The molecule has 0 unspecified atom stereocenters. The van der Waals surface area contributed by atoms with Crippen LogP contribution in [0.4, 0.5) is 0 Å². The second kappa shape index (κ2) is 20.5. The van der Waals surface area contributed by atoms with Gasteiger partial charge in [-0.1, -0.05) is 243 Å². The third-order valence-corrected chi connectivity index (χ3v) is 15.0. The van der Waals surface area contributed by atoms with Gasteiger partial charge in [0, 0.05) is 33.2 Å². The minimum atomic E-state index is 0.598. The first-order chi connectivity index (χ1) is 39.1. The average molecular weight is 1010 g/mol. The molecule has 0 fully saturated rings. The summed E-state index contributed by atoms with van der Waals surface area (Å²) in [5.41, 5.74) is 22.2. The maximum atomic E-state index is 5.30. The van der Waals surface area contributed by atoms with E-state index in [-0.39, 0.29) is 0 Å². The quantitative estimate of drug-likeness (QED) is 0.130. The topological polar surface area (TPSA) is 43.6 Å². The number of benzene rings is 12. The van der Waals surface area contributed by atoms with Crippen molar-refractivity contribution in [2.24, 2.45) is 0 Å². The molecule has 0 radical (unpaired) electrons. The molecular formula is C75H50N4. The first kappa shape index (κ1) is 46.9. The highest BCUT2D eigenvalue weighted by Gasteiger charge is 2.17. The van der Waals surface area contributed by atoms with Crippen molar-refractivity contribution in [1.29, 1.82) is 0 Å². The van der Waals surface area contributed by atoms with Gasteiger partial charge in [0.2, 0.25) is 0 Å². The van der Waals surface area contributed by atoms with Crippen molar-refractivity contribution in [3.63, 3.8) is 0 Å². The summed E-state index contributed by atoms with van der Waals surface area (Å²) in [6.07, 6.45) is 0. The summed E-state index contributed by atoms with van der Waals surface area (Å²) in [4.78, 5) is 15.9. The molecule has 4 heteroatoms. The van der Waals surface area contributed by atoms with Crippen molar-refractivity contribution in [2.75, 3.05) is 0 Å². The van der Waals surface area contributed by atoms with Gasteiger partial charge in [0.05, 0.1) is 11.0 Å². The summed E-state index contributed by atoms with van der Waals surface area (Å²) >= 11 is 0. The van der Waals surface area contributed by atoms with Crippen LogP contribution in [0.15, 0.2) is 303 Å². The fourth-order valence-electron chi connectivity index (χ4n) is 11.1. The molecule has 79 heavy (non-hydrogen) atoms. The van der Waals surface area contributed by atoms with Gasteiger partial charge < -0.3 is 4.57 Å². The van der Waals surface area contributed by atoms with Gasteiger partial charge in [-0.3, -0.25) is 0 Å². The molecule has 0 spiro atoms. The first-order valence-electron chi connectivity index (χ1n) is 26.8. The van der Waals surface area contributed by atoms with Crippen LogP contribution in [0.25, 0.3) is 140 Å². The zero-order valence-electron chi connectivity index (χ0n) is 43.2. The number of fused-ring (bicyclic) bond motifs is 3. The van der Waals surface area contributed by atoms with Crippen LogP contribution in [0.5, 0.6) is 0 Å². The van der Waals surface area contributed by atoms with Gasteiger partial charge in [0.15, 0.2) is 17.5 Å². The van der Waals surface area contributed by atoms with Crippen molar-refractivity contribution in [1.82, 2.24) is 19.5 Å². The second-order valence-corrected chi connectivity index (χ2v) is 20.0. The maximum absolute atomic E-state index is 5.30. The Morgan fingerprint density at radius 1 is 0.177 bits per heavy atom. The van der Waals surface area contributed by atoms with Gasteiger partial charge in [-0.25, -0.2) is 15.0 Å². The number of hydrogen-bond acceptors (Lipinski definition) is 3. The Balaban J connectivity index is 0.835. The summed E-state index contributed by atoms with van der Waals surface area (Å²) in [5, 5.41) is 2.47. The van der Waals surface area contributed by atoms with E-state index in [2.05, 4.69) is 308 Å². The molecule has 0 aliphatic heterocycles. The lowest BCUT2D eigenvalue weighted by atomic mass is 9.95. The standard InChI is InChI=1S/C75H50N4/c1-3-18-51(19-4-1)55-22-11-25-58(44-55)60-27-13-24-57(46-60)53-40-42-54(43-41-53)73-76-74(66-33-15-30-63(48-66)62-29-14-28-61(47-62)59-26-12-23-56(45-59)52-20-5-2-6-21-52)78-75(77-73)67-34-16-31-64(49-67)65-32-17-35-68(50-65)79-71-38-9-7-36-69(71)70-37-8-10-39-72(70)79/h1-50H. The van der Waals surface area contributed by atoms with Crippen LogP contribution in [0.3, 0.4) is 0 Å². The van der Waals surface area contributed by atoms with Gasteiger partial charge in [-0.15, -0.1) is 0 Å². The monoisotopic (exact) mass is 1010 g/mol. The summed E-state index contributed by atoms with van der Waals surface area (Å²) in [5.74, 6) is 1.80. The SMILES string of the molecule is c1ccc(-c2cccc(-c3cccc(-c4ccc(-c5nc(-c6cccc(-c7cccc(-c8cccc(-c9ccccc9)c8)c7)c6)nc(-c6cccc(-c7cccc(-n8c9ccccc9c9ccccc98)c7)c6)n5)cc4)c3)c2)cc1. The van der Waals surface area contributed by atoms with Crippen LogP contribution >= 0.6 is 0 Å². The number of para-hydroxylation sites is 2. The molecule has 2 aromatic heterocycles. The van der Waals surface area contributed by atoms with Gasteiger partial charge >= 0.3 is 0 Å². The van der Waals surface area contributed by atoms with Crippen molar-refractivity contribution in [3.05, 3.63) is 303 Å². The molecule has 0 aliphatic rings. The van der Waals surface area contributed by atoms with E-state index in [1.54, 1.807) is 0 Å². The molecule has 2 heterocycles. The molecule has 0 saturated heterocycles. The molecule has 0 bridgehead atoms. The minimum Gasteiger partial charge on any atom is -0.309 e. The molecule has 12 aromatic carbocycles. The molecule has 0 atom stereocenters. The zero-order valence-corrected chi connectivity index (χ0v) is 43.2. The van der Waals surface area contributed by atoms with Gasteiger partial charge in [0.25, 0.3) is 0 Å². The Kier molecular flexibility index (Phi) is 12.2. The van der Waals surface area contributed by atoms with Crippen molar-refractivity contribution in [2.45, 2.75) is 0 Å². The minimum absolute atomic E-state index is 0.598. The van der Waals surface area contributed by atoms with Crippen LogP contribution in [0.2, 0.25) is 0 Å². The third kappa shape index (κ3) is 9.39. The van der Waals surface area contributed by atoms with E-state index in [0.29, 0.717) is 17.5 Å². The van der Waals surface area contributed by atoms with Crippen molar-refractivity contribution < 1.29 is 0 Å². The molecule has 0 amide bonds. The highest BCUT2D eigenvalue weighted by atomic mass is 15.0. The highest BCUT2D eigenvalue weighted by Crippen LogP contribution is 2.37. The van der Waals surface area contributed by atoms with Crippen molar-refractivity contribution >= 4 is 21.8 Å². The predicted molar refractivity (Wildman–Crippen MR) is 329 cm³/mol. The van der Waals surface area contributed by atoms with Gasteiger partial charge in [-0.05, 0) is 139 Å².